The lowest BCUT2D eigenvalue weighted by Gasteiger charge is -2.33. The maximum Gasteiger partial charge on any atom is 0.246 e. The molecular weight excluding hydrogens is 342 g/mol. The number of aromatic nitrogens is 1. The van der Waals surface area contributed by atoms with Crippen LogP contribution in [-0.2, 0) is 14.8 Å². The first-order valence-electron chi connectivity index (χ1n) is 7.90. The van der Waals surface area contributed by atoms with Gasteiger partial charge in [-0.2, -0.15) is 4.31 Å². The van der Waals surface area contributed by atoms with Gasteiger partial charge in [-0.15, -0.1) is 0 Å². The minimum absolute atomic E-state index is 0.160. The van der Waals surface area contributed by atoms with Gasteiger partial charge >= 0.3 is 0 Å². The fourth-order valence-corrected chi connectivity index (χ4v) is 3.99. The molecule has 0 unspecified atom stereocenters. The standard InChI is InChI=1S/C17H19N3O4S/c1-14-4-5-15(24-14)6-7-17(21)19-9-11-20(12-10-19)25(22,23)16-3-2-8-18-13-16/h2-8,13H,9-12H2,1H3/b7-6+. The molecule has 25 heavy (non-hydrogen) atoms. The molecule has 0 bridgehead atoms. The minimum Gasteiger partial charge on any atom is -0.462 e. The topological polar surface area (TPSA) is 83.7 Å². The van der Waals surface area contributed by atoms with Crippen molar-refractivity contribution in [1.29, 1.82) is 0 Å². The second-order valence-electron chi connectivity index (χ2n) is 5.70. The van der Waals surface area contributed by atoms with Crippen LogP contribution in [0.1, 0.15) is 11.5 Å². The number of carbonyl (C=O) groups excluding carboxylic acids is 1. The molecule has 0 atom stereocenters. The summed E-state index contributed by atoms with van der Waals surface area (Å²) in [5, 5.41) is 0. The Balaban J connectivity index is 1.60. The second kappa shape index (κ2) is 7.20. The largest absolute Gasteiger partial charge is 0.462 e. The van der Waals surface area contributed by atoms with Crippen molar-refractivity contribution < 1.29 is 17.6 Å². The average Bonchev–Trinajstić information content (AvgIpc) is 3.06. The Morgan fingerprint density at radius 2 is 1.96 bits per heavy atom. The molecule has 2 aromatic rings. The second-order valence-corrected chi connectivity index (χ2v) is 7.64. The highest BCUT2D eigenvalue weighted by molar-refractivity contribution is 7.89. The zero-order valence-electron chi connectivity index (χ0n) is 13.8. The average molecular weight is 361 g/mol. The van der Waals surface area contributed by atoms with Gasteiger partial charge in [-0.25, -0.2) is 8.42 Å². The summed E-state index contributed by atoms with van der Waals surface area (Å²) in [5.41, 5.74) is 0. The van der Waals surface area contributed by atoms with Crippen LogP contribution < -0.4 is 0 Å². The number of hydrogen-bond acceptors (Lipinski definition) is 5. The maximum atomic E-state index is 12.5. The van der Waals surface area contributed by atoms with Crippen LogP contribution in [0.25, 0.3) is 6.08 Å². The first-order chi connectivity index (χ1) is 12.0. The molecule has 1 fully saturated rings. The quantitative estimate of drug-likeness (QED) is 0.771. The molecule has 1 aliphatic rings. The molecule has 1 amide bonds. The van der Waals surface area contributed by atoms with Gasteiger partial charge in [0.25, 0.3) is 0 Å². The van der Waals surface area contributed by atoms with Gasteiger partial charge in [0.1, 0.15) is 16.4 Å². The molecular formula is C17H19N3O4S. The molecule has 2 aromatic heterocycles. The van der Waals surface area contributed by atoms with Crippen LogP contribution in [-0.4, -0.2) is 54.7 Å². The summed E-state index contributed by atoms with van der Waals surface area (Å²) in [5.74, 6) is 1.23. The van der Waals surface area contributed by atoms with E-state index in [1.165, 1.54) is 28.8 Å². The molecule has 132 valence electrons. The number of amides is 1. The van der Waals surface area contributed by atoms with Gasteiger partial charge in [-0.1, -0.05) is 0 Å². The third-order valence-electron chi connectivity index (χ3n) is 3.97. The number of nitrogens with zero attached hydrogens (tertiary/aromatic N) is 3. The van der Waals surface area contributed by atoms with E-state index in [0.29, 0.717) is 18.8 Å². The van der Waals surface area contributed by atoms with Crippen LogP contribution in [0.2, 0.25) is 0 Å². The summed E-state index contributed by atoms with van der Waals surface area (Å²) in [7, 11) is -3.56. The number of furan rings is 1. The van der Waals surface area contributed by atoms with Crippen molar-refractivity contribution in [3.05, 3.63) is 54.3 Å². The van der Waals surface area contributed by atoms with E-state index in [0.717, 1.165) is 5.76 Å². The fourth-order valence-electron chi connectivity index (χ4n) is 2.60. The number of piperazine rings is 1. The lowest BCUT2D eigenvalue weighted by Crippen LogP contribution is -2.50. The van der Waals surface area contributed by atoms with Crippen molar-refractivity contribution in [3.63, 3.8) is 0 Å². The number of pyridine rings is 1. The predicted octanol–water partition coefficient (Wildman–Crippen LogP) is 1.53. The van der Waals surface area contributed by atoms with E-state index in [9.17, 15) is 13.2 Å². The van der Waals surface area contributed by atoms with E-state index in [1.54, 1.807) is 23.1 Å². The zero-order valence-corrected chi connectivity index (χ0v) is 14.6. The summed E-state index contributed by atoms with van der Waals surface area (Å²) < 4.78 is 31.8. The maximum absolute atomic E-state index is 12.5. The Hall–Kier alpha value is -2.45. The first kappa shape index (κ1) is 17.4. The molecule has 1 aliphatic heterocycles. The molecule has 3 heterocycles. The van der Waals surface area contributed by atoms with Crippen LogP contribution in [0.3, 0.4) is 0 Å². The molecule has 8 heteroatoms. The molecule has 1 saturated heterocycles. The van der Waals surface area contributed by atoms with Crippen LogP contribution in [0.15, 0.2) is 52.0 Å². The summed E-state index contributed by atoms with van der Waals surface area (Å²) in [6, 6.07) is 6.73. The molecule has 0 radical (unpaired) electrons. The Kier molecular flexibility index (Phi) is 5.00. The summed E-state index contributed by atoms with van der Waals surface area (Å²) >= 11 is 0. The SMILES string of the molecule is Cc1ccc(/C=C/C(=O)N2CCN(S(=O)(=O)c3cccnc3)CC2)o1. The van der Waals surface area contributed by atoms with Gasteiger partial charge in [-0.05, 0) is 37.3 Å². The molecule has 0 N–H and O–H groups in total. The number of hydrogen-bond donors (Lipinski definition) is 0. The molecule has 3 rings (SSSR count). The highest BCUT2D eigenvalue weighted by Crippen LogP contribution is 2.17. The molecule has 0 saturated carbocycles. The van der Waals surface area contributed by atoms with Gasteiger partial charge in [-0.3, -0.25) is 9.78 Å². The minimum atomic E-state index is -3.56. The Bertz CT molecular complexity index is 866. The number of rotatable bonds is 4. The predicted molar refractivity (Wildman–Crippen MR) is 92.1 cm³/mol. The normalized spacial score (nSPS) is 16.4. The van der Waals surface area contributed by atoms with E-state index in [-0.39, 0.29) is 23.9 Å². The molecule has 0 spiro atoms. The van der Waals surface area contributed by atoms with E-state index >= 15 is 0 Å². The van der Waals surface area contributed by atoms with Crippen molar-refractivity contribution in [2.45, 2.75) is 11.8 Å². The third-order valence-corrected chi connectivity index (χ3v) is 5.86. The van der Waals surface area contributed by atoms with Gasteiger partial charge < -0.3 is 9.32 Å². The molecule has 0 aromatic carbocycles. The fraction of sp³-hybridized carbons (Fsp3) is 0.294. The van der Waals surface area contributed by atoms with Gasteiger partial charge in [0.05, 0.1) is 0 Å². The first-order valence-corrected chi connectivity index (χ1v) is 9.34. The third kappa shape index (κ3) is 3.97. The number of carbonyl (C=O) groups is 1. The van der Waals surface area contributed by atoms with E-state index in [2.05, 4.69) is 4.98 Å². The van der Waals surface area contributed by atoms with Crippen molar-refractivity contribution in [3.8, 4) is 0 Å². The Morgan fingerprint density at radius 3 is 2.56 bits per heavy atom. The van der Waals surface area contributed by atoms with Crippen molar-refractivity contribution in [2.24, 2.45) is 0 Å². The van der Waals surface area contributed by atoms with E-state index in [4.69, 9.17) is 4.42 Å². The lowest BCUT2D eigenvalue weighted by atomic mass is 10.3. The highest BCUT2D eigenvalue weighted by Gasteiger charge is 2.29. The zero-order chi connectivity index (χ0) is 17.9. The van der Waals surface area contributed by atoms with Gasteiger partial charge in [0.15, 0.2) is 0 Å². The lowest BCUT2D eigenvalue weighted by molar-refractivity contribution is -0.127. The van der Waals surface area contributed by atoms with Crippen LogP contribution in [0.5, 0.6) is 0 Å². The van der Waals surface area contributed by atoms with E-state index < -0.39 is 10.0 Å². The van der Waals surface area contributed by atoms with Crippen molar-refractivity contribution in [2.75, 3.05) is 26.2 Å². The number of sulfonamides is 1. The summed E-state index contributed by atoms with van der Waals surface area (Å²) in [4.78, 5) is 17.9. The summed E-state index contributed by atoms with van der Waals surface area (Å²) in [6.45, 7) is 3.05. The van der Waals surface area contributed by atoms with E-state index in [1.807, 2.05) is 13.0 Å². The van der Waals surface area contributed by atoms with Crippen LogP contribution in [0, 0.1) is 6.92 Å². The Morgan fingerprint density at radius 1 is 1.20 bits per heavy atom. The smallest absolute Gasteiger partial charge is 0.246 e. The van der Waals surface area contributed by atoms with Crippen molar-refractivity contribution >= 4 is 22.0 Å². The Labute approximate surface area is 146 Å². The van der Waals surface area contributed by atoms with Crippen LogP contribution >= 0.6 is 0 Å². The molecule has 0 aliphatic carbocycles. The highest BCUT2D eigenvalue weighted by atomic mass is 32.2. The monoisotopic (exact) mass is 361 g/mol. The number of aryl methyl sites for hydroxylation is 1. The van der Waals surface area contributed by atoms with Crippen LogP contribution in [0.4, 0.5) is 0 Å². The van der Waals surface area contributed by atoms with Crippen molar-refractivity contribution in [1.82, 2.24) is 14.2 Å². The summed E-state index contributed by atoms with van der Waals surface area (Å²) in [6.07, 6.45) is 5.93. The van der Waals surface area contributed by atoms with Gasteiger partial charge in [0.2, 0.25) is 15.9 Å². The van der Waals surface area contributed by atoms with Gasteiger partial charge in [0, 0.05) is 44.6 Å². The molecule has 7 nitrogen and oxygen atoms in total.